The molecule has 3 rings (SSSR count). The van der Waals surface area contributed by atoms with Crippen LogP contribution < -0.4 is 5.32 Å². The first-order chi connectivity index (χ1) is 7.95. The van der Waals surface area contributed by atoms with Gasteiger partial charge < -0.3 is 9.73 Å². The summed E-state index contributed by atoms with van der Waals surface area (Å²) in [5.74, 6) is 1.41. The number of fused-ring (bicyclic) bond motifs is 1. The van der Waals surface area contributed by atoms with Crippen LogP contribution in [-0.2, 0) is 6.42 Å². The van der Waals surface area contributed by atoms with E-state index in [1.807, 2.05) is 6.07 Å². The lowest BCUT2D eigenvalue weighted by Gasteiger charge is -2.14. The van der Waals surface area contributed by atoms with E-state index in [0.29, 0.717) is 5.92 Å². The Morgan fingerprint density at radius 3 is 2.94 bits per heavy atom. The minimum Gasteiger partial charge on any atom is -0.469 e. The summed E-state index contributed by atoms with van der Waals surface area (Å²) in [5.41, 5.74) is 2.84. The molecule has 1 unspecified atom stereocenters. The third kappa shape index (κ3) is 1.65. The van der Waals surface area contributed by atoms with Crippen LogP contribution in [-0.4, -0.2) is 13.1 Å². The van der Waals surface area contributed by atoms with Crippen molar-refractivity contribution < 1.29 is 4.42 Å². The van der Waals surface area contributed by atoms with Gasteiger partial charge in [-0.25, -0.2) is 0 Å². The van der Waals surface area contributed by atoms with Gasteiger partial charge in [-0.2, -0.15) is 0 Å². The fraction of sp³-hybridized carbons (Fsp3) is 0.286. The van der Waals surface area contributed by atoms with Crippen LogP contribution in [0.2, 0.25) is 0 Å². The maximum Gasteiger partial charge on any atom is 0.112 e. The minimum absolute atomic E-state index is 0.355. The average molecular weight is 213 g/mol. The van der Waals surface area contributed by atoms with Crippen LogP contribution in [0.1, 0.15) is 22.8 Å². The van der Waals surface area contributed by atoms with E-state index in [1.165, 1.54) is 11.1 Å². The second-order valence-corrected chi connectivity index (χ2v) is 4.22. The summed E-state index contributed by atoms with van der Waals surface area (Å²) >= 11 is 0. The summed E-state index contributed by atoms with van der Waals surface area (Å²) in [5, 5.41) is 3.47. The molecule has 0 saturated heterocycles. The molecule has 16 heavy (non-hydrogen) atoms. The van der Waals surface area contributed by atoms with Crippen molar-refractivity contribution in [3.63, 3.8) is 0 Å². The molecule has 0 spiro atoms. The van der Waals surface area contributed by atoms with E-state index in [4.69, 9.17) is 4.42 Å². The van der Waals surface area contributed by atoms with E-state index in [-0.39, 0.29) is 0 Å². The number of furan rings is 1. The molecule has 0 bridgehead atoms. The Labute approximate surface area is 95.3 Å². The summed E-state index contributed by atoms with van der Waals surface area (Å²) in [6.07, 6.45) is 2.86. The molecule has 2 heteroatoms. The highest BCUT2D eigenvalue weighted by molar-refractivity contribution is 5.36. The minimum atomic E-state index is 0.355. The normalized spacial score (nSPS) is 20.1. The first-order valence-corrected chi connectivity index (χ1v) is 5.77. The van der Waals surface area contributed by atoms with Gasteiger partial charge in [-0.1, -0.05) is 24.3 Å². The first kappa shape index (κ1) is 9.67. The van der Waals surface area contributed by atoms with Gasteiger partial charge in [-0.15, -0.1) is 0 Å². The Morgan fingerprint density at radius 2 is 2.06 bits per heavy atom. The fourth-order valence-corrected chi connectivity index (χ4v) is 2.42. The van der Waals surface area contributed by atoms with Crippen LogP contribution in [0.15, 0.2) is 47.1 Å². The second kappa shape index (κ2) is 4.14. The lowest BCUT2D eigenvalue weighted by molar-refractivity contribution is 0.476. The zero-order valence-corrected chi connectivity index (χ0v) is 9.15. The Kier molecular flexibility index (Phi) is 2.50. The van der Waals surface area contributed by atoms with E-state index >= 15 is 0 Å². The average Bonchev–Trinajstić information content (AvgIpc) is 2.76. The molecule has 0 aliphatic carbocycles. The number of rotatable bonds is 1. The molecule has 0 amide bonds. The molecular weight excluding hydrogens is 198 g/mol. The largest absolute Gasteiger partial charge is 0.469 e. The predicted molar refractivity (Wildman–Crippen MR) is 63.6 cm³/mol. The Hall–Kier alpha value is -1.54. The van der Waals surface area contributed by atoms with Crippen molar-refractivity contribution in [3.05, 3.63) is 59.5 Å². The van der Waals surface area contributed by atoms with E-state index in [0.717, 1.165) is 25.3 Å². The van der Waals surface area contributed by atoms with E-state index in [2.05, 4.69) is 35.6 Å². The highest BCUT2D eigenvalue weighted by Gasteiger charge is 2.21. The molecular formula is C14H15NO. The third-order valence-electron chi connectivity index (χ3n) is 3.24. The van der Waals surface area contributed by atoms with Crippen LogP contribution in [0.4, 0.5) is 0 Å². The molecule has 1 aliphatic rings. The smallest absolute Gasteiger partial charge is 0.112 e. The summed E-state index contributed by atoms with van der Waals surface area (Å²) in [6, 6.07) is 12.7. The SMILES string of the molecule is c1coc(C2CNCCc3ccccc32)c1. The number of hydrogen-bond donors (Lipinski definition) is 1. The standard InChI is InChI=1S/C14H15NO/c1-2-5-12-11(4-1)7-8-15-10-13(12)14-6-3-9-16-14/h1-6,9,13,15H,7-8,10H2. The molecule has 2 nitrogen and oxygen atoms in total. The topological polar surface area (TPSA) is 25.2 Å². The predicted octanol–water partition coefficient (Wildman–Crippen LogP) is 2.56. The molecule has 0 fully saturated rings. The highest BCUT2D eigenvalue weighted by Crippen LogP contribution is 2.28. The third-order valence-corrected chi connectivity index (χ3v) is 3.24. The van der Waals surface area contributed by atoms with Crippen molar-refractivity contribution in [2.75, 3.05) is 13.1 Å². The van der Waals surface area contributed by atoms with E-state index in [1.54, 1.807) is 6.26 Å². The molecule has 1 aliphatic heterocycles. The summed E-state index contributed by atoms with van der Waals surface area (Å²) < 4.78 is 5.55. The summed E-state index contributed by atoms with van der Waals surface area (Å²) in [7, 11) is 0. The first-order valence-electron chi connectivity index (χ1n) is 5.77. The van der Waals surface area contributed by atoms with Gasteiger partial charge in [-0.3, -0.25) is 0 Å². The van der Waals surface area contributed by atoms with Gasteiger partial charge in [0, 0.05) is 6.54 Å². The van der Waals surface area contributed by atoms with Gasteiger partial charge >= 0.3 is 0 Å². The zero-order chi connectivity index (χ0) is 10.8. The lowest BCUT2D eigenvalue weighted by atomic mass is 9.92. The van der Waals surface area contributed by atoms with Crippen molar-refractivity contribution in [1.29, 1.82) is 0 Å². The van der Waals surface area contributed by atoms with Crippen molar-refractivity contribution in [1.82, 2.24) is 5.32 Å². The van der Waals surface area contributed by atoms with E-state index < -0.39 is 0 Å². The van der Waals surface area contributed by atoms with Crippen molar-refractivity contribution in [2.45, 2.75) is 12.3 Å². The Balaban J connectivity index is 2.06. The Bertz CT molecular complexity index is 461. The number of nitrogens with one attached hydrogen (secondary N) is 1. The molecule has 2 heterocycles. The quantitative estimate of drug-likeness (QED) is 0.787. The molecule has 1 atom stereocenters. The monoisotopic (exact) mass is 213 g/mol. The molecule has 2 aromatic rings. The molecule has 1 aromatic heterocycles. The van der Waals surface area contributed by atoms with Crippen LogP contribution in [0.3, 0.4) is 0 Å². The van der Waals surface area contributed by atoms with Crippen molar-refractivity contribution in [2.24, 2.45) is 0 Å². The van der Waals surface area contributed by atoms with Crippen LogP contribution in [0.5, 0.6) is 0 Å². The van der Waals surface area contributed by atoms with Crippen LogP contribution >= 0.6 is 0 Å². The molecule has 82 valence electrons. The second-order valence-electron chi connectivity index (χ2n) is 4.22. The van der Waals surface area contributed by atoms with Crippen LogP contribution in [0.25, 0.3) is 0 Å². The van der Waals surface area contributed by atoms with Gasteiger partial charge in [-0.05, 0) is 36.2 Å². The Morgan fingerprint density at radius 1 is 1.12 bits per heavy atom. The highest BCUT2D eigenvalue weighted by atomic mass is 16.3. The maximum absolute atomic E-state index is 5.55. The number of hydrogen-bond acceptors (Lipinski definition) is 2. The van der Waals surface area contributed by atoms with Gasteiger partial charge in [0.1, 0.15) is 5.76 Å². The summed E-state index contributed by atoms with van der Waals surface area (Å²) in [6.45, 7) is 2.01. The van der Waals surface area contributed by atoms with Crippen molar-refractivity contribution >= 4 is 0 Å². The van der Waals surface area contributed by atoms with Gasteiger partial charge in [0.15, 0.2) is 0 Å². The lowest BCUT2D eigenvalue weighted by Crippen LogP contribution is -2.20. The van der Waals surface area contributed by atoms with Gasteiger partial charge in [0.05, 0.1) is 12.2 Å². The zero-order valence-electron chi connectivity index (χ0n) is 9.15. The van der Waals surface area contributed by atoms with E-state index in [9.17, 15) is 0 Å². The van der Waals surface area contributed by atoms with Gasteiger partial charge in [0.25, 0.3) is 0 Å². The van der Waals surface area contributed by atoms with Gasteiger partial charge in [0.2, 0.25) is 0 Å². The fourth-order valence-electron chi connectivity index (χ4n) is 2.42. The maximum atomic E-state index is 5.55. The summed E-state index contributed by atoms with van der Waals surface area (Å²) in [4.78, 5) is 0. The molecule has 0 saturated carbocycles. The van der Waals surface area contributed by atoms with Crippen LogP contribution in [0, 0.1) is 0 Å². The number of benzene rings is 1. The molecule has 1 aromatic carbocycles. The van der Waals surface area contributed by atoms with Crippen molar-refractivity contribution in [3.8, 4) is 0 Å². The molecule has 1 N–H and O–H groups in total. The molecule has 0 radical (unpaired) electrons.